The lowest BCUT2D eigenvalue weighted by Crippen LogP contribution is -2.51. The molecule has 8 saturated heterocycles. The highest BCUT2D eigenvalue weighted by atomic mass is 16.4. The van der Waals surface area contributed by atoms with Crippen LogP contribution in [0, 0.1) is 103 Å². The molecule has 1 saturated carbocycles. The number of aliphatic hydroxyl groups is 2. The van der Waals surface area contributed by atoms with Crippen molar-refractivity contribution in [3.8, 4) is 0 Å². The van der Waals surface area contributed by atoms with Gasteiger partial charge in [0.15, 0.2) is 5.82 Å². The summed E-state index contributed by atoms with van der Waals surface area (Å²) in [6.07, 6.45) is 17.1. The third-order valence-corrected chi connectivity index (χ3v) is 22.8. The summed E-state index contributed by atoms with van der Waals surface area (Å²) >= 11 is 0. The number of hydrogen-bond acceptors (Lipinski definition) is 14. The van der Waals surface area contributed by atoms with Gasteiger partial charge in [0.1, 0.15) is 5.82 Å². The van der Waals surface area contributed by atoms with Crippen LogP contribution in [0.5, 0.6) is 0 Å². The van der Waals surface area contributed by atoms with Crippen molar-refractivity contribution in [3.05, 3.63) is 23.5 Å². The highest BCUT2D eigenvalue weighted by Crippen LogP contribution is 2.43. The molecule has 2 aromatic rings. The number of H-pyrrole nitrogens is 2. The first-order valence-corrected chi connectivity index (χ1v) is 40.4. The average Bonchev–Trinajstić information content (AvgIpc) is 1.49. The number of aryl methyl sites for hydroxylation is 1. The SMILES string of the molecule is CC(C)(C)C1CCC(C(=O)O)CC1.CC(C)(C)C1CCN(CCO)CC1.CC(C)(C)C1CN2CCC1CC2.CC(C)(C)C1CNC1.CC(C)(C)C1CNCC1O.CC(C)(C)Cc1cn[nH]n1.CN1CCC(C(C)(C)C)CC1.CN1CCN(CCC(C)(C)C)CC1.Cc1nc(CC(C)(C)C)n[nH]1. The number of aromatic amines is 2. The number of hydrogen-bond donors (Lipinski definition) is 7. The molecule has 0 radical (unpaired) electrons. The van der Waals surface area contributed by atoms with Gasteiger partial charge in [-0.2, -0.15) is 20.5 Å². The Hall–Kier alpha value is -2.61. The van der Waals surface area contributed by atoms with Gasteiger partial charge < -0.3 is 50.5 Å². The van der Waals surface area contributed by atoms with Crippen LogP contribution in [0.15, 0.2) is 6.20 Å². The number of β-amino-alcohol motifs (C(OH)–C–C–N with tert-alkyl or cyclic N) is 2. The Balaban J connectivity index is 0.000000387. The molecule has 7 N–H and O–H groups in total. The number of likely N-dealkylation sites (N-methyl/N-ethyl adjacent to an activating group) is 1. The van der Waals surface area contributed by atoms with Crippen LogP contribution in [-0.4, -0.2) is 214 Å². The van der Waals surface area contributed by atoms with Crippen LogP contribution in [0.4, 0.5) is 0 Å². The second-order valence-corrected chi connectivity index (χ2v) is 42.2. The third kappa shape index (κ3) is 41.4. The molecule has 0 amide bonds. The molecule has 10 heterocycles. The molecule has 3 unspecified atom stereocenters. The number of rotatable bonds is 7. The zero-order valence-corrected chi connectivity index (χ0v) is 72.0. The minimum Gasteiger partial charge on any atom is -0.481 e. The highest BCUT2D eigenvalue weighted by molar-refractivity contribution is 5.70. The second-order valence-electron chi connectivity index (χ2n) is 42.2. The maximum absolute atomic E-state index is 10.7. The van der Waals surface area contributed by atoms with Gasteiger partial charge in [0, 0.05) is 64.7 Å². The largest absolute Gasteiger partial charge is 0.481 e. The van der Waals surface area contributed by atoms with E-state index in [-0.39, 0.29) is 22.9 Å². The summed E-state index contributed by atoms with van der Waals surface area (Å²) in [5.74, 6) is 6.99. The molecule has 3 atom stereocenters. The van der Waals surface area contributed by atoms with Crippen LogP contribution >= 0.6 is 0 Å². The Morgan fingerprint density at radius 2 is 0.931 bits per heavy atom. The molecule has 9 aliphatic rings. The predicted molar refractivity (Wildman–Crippen MR) is 429 cm³/mol. The van der Waals surface area contributed by atoms with Gasteiger partial charge in [-0.15, -0.1) is 0 Å². The van der Waals surface area contributed by atoms with Gasteiger partial charge in [-0.1, -0.05) is 187 Å². The number of carboxylic acids is 1. The standard InChI is InChI=1S/C11H24N2.C11H23NO.C11H21N.C11H20O2.C10H21N.C8H15N3.C8H17NO.C7H13N3.C7H15N/c1-11(2,3)5-6-13-9-7-12(4)8-10-13;1-11(2,3)10-4-6-12(7-5-10)8-9-13;1-11(2,3)10-8-12-6-4-9(10)5-7-12;1-11(2,3)9-6-4-8(5-7-9)10(12)13;1-10(2,3)9-5-7-11(4)8-6-9;1-6-9-7(11-10-6)5-8(2,3)4;1-8(2,3)6-4-9-5-7(6)10;1-7(2,3)4-6-5-8-10-9-6;1-7(2,3)6-4-8-5-6/h5-10H2,1-4H3;10,13H,4-9H2,1-3H3;9-10H,4-8H2,1-3H3;8-9H,4-7H2,1-3H3,(H,12,13);9H,5-8H2,1-4H3;5H2,1-4H3,(H,9,10,11);6-7,9-10H,4-5H2,1-3H3;5H,4H2,1-3H3,(H,8,9,10);6,8H,4-5H2,1-3H3. The first kappa shape index (κ1) is 94.5. The number of piperazine rings is 1. The van der Waals surface area contributed by atoms with E-state index in [1.807, 2.05) is 6.92 Å². The zero-order chi connectivity index (χ0) is 77.2. The first-order valence-electron chi connectivity index (χ1n) is 40.4. The van der Waals surface area contributed by atoms with E-state index in [4.69, 9.17) is 10.2 Å². The fourth-order valence-electron chi connectivity index (χ4n) is 15.0. The van der Waals surface area contributed by atoms with Crippen LogP contribution in [0.1, 0.15) is 275 Å². The number of aromatic nitrogens is 6. The maximum Gasteiger partial charge on any atom is 0.306 e. The smallest absolute Gasteiger partial charge is 0.306 e. The molecule has 2 aromatic heterocycles. The van der Waals surface area contributed by atoms with Crippen molar-refractivity contribution in [2.45, 2.75) is 283 Å². The van der Waals surface area contributed by atoms with Crippen molar-refractivity contribution in [1.82, 2.24) is 65.7 Å². The monoisotopic (exact) mass is 1420 g/mol. The molecule has 17 heteroatoms. The summed E-state index contributed by atoms with van der Waals surface area (Å²) in [6, 6.07) is 0. The number of fused-ring (bicyclic) bond motifs is 3. The minimum absolute atomic E-state index is 0.0707. The number of likely N-dealkylation sites (tertiary alicyclic amines) is 2. The summed E-state index contributed by atoms with van der Waals surface area (Å²) in [7, 11) is 4.43. The van der Waals surface area contributed by atoms with Gasteiger partial charge in [-0.05, 0) is 241 Å². The van der Waals surface area contributed by atoms with Crippen molar-refractivity contribution < 1.29 is 20.1 Å². The summed E-state index contributed by atoms with van der Waals surface area (Å²) in [5.41, 5.74) is 4.75. The molecule has 0 aromatic carbocycles. The molecule has 101 heavy (non-hydrogen) atoms. The molecule has 9 fully saturated rings. The fraction of sp³-hybridized carbons (Fsp3) is 0.940. The van der Waals surface area contributed by atoms with E-state index in [0.29, 0.717) is 56.3 Å². The van der Waals surface area contributed by atoms with E-state index < -0.39 is 5.97 Å². The van der Waals surface area contributed by atoms with E-state index >= 15 is 0 Å². The summed E-state index contributed by atoms with van der Waals surface area (Å²) in [6.45, 7) is 84.1. The van der Waals surface area contributed by atoms with Gasteiger partial charge in [0.25, 0.3) is 0 Å². The Kier molecular flexibility index (Phi) is 40.0. The van der Waals surface area contributed by atoms with Crippen LogP contribution in [0.25, 0.3) is 0 Å². The van der Waals surface area contributed by atoms with E-state index in [9.17, 15) is 9.90 Å². The minimum atomic E-state index is -0.604. The zero-order valence-electron chi connectivity index (χ0n) is 72.0. The Morgan fingerprint density at radius 3 is 1.24 bits per heavy atom. The number of aliphatic hydroxyl groups excluding tert-OH is 2. The van der Waals surface area contributed by atoms with Gasteiger partial charge in [-0.3, -0.25) is 9.89 Å². The molecule has 17 nitrogen and oxygen atoms in total. The normalized spacial score (nSPS) is 24.9. The van der Waals surface area contributed by atoms with E-state index in [0.717, 1.165) is 105 Å². The quantitative estimate of drug-likeness (QED) is 0.138. The Labute approximate surface area is 623 Å². The summed E-state index contributed by atoms with van der Waals surface area (Å²) < 4.78 is 0. The lowest BCUT2D eigenvalue weighted by atomic mass is 9.67. The van der Waals surface area contributed by atoms with Crippen LogP contribution in [0.2, 0.25) is 0 Å². The molecule has 0 spiro atoms. The predicted octanol–water partition coefficient (Wildman–Crippen LogP) is 16.0. The lowest BCUT2D eigenvalue weighted by Gasteiger charge is -2.50. The highest BCUT2D eigenvalue weighted by Gasteiger charge is 2.41. The van der Waals surface area contributed by atoms with Crippen molar-refractivity contribution >= 4 is 5.97 Å². The van der Waals surface area contributed by atoms with E-state index in [2.05, 4.69) is 267 Å². The van der Waals surface area contributed by atoms with E-state index in [1.165, 1.54) is 137 Å². The van der Waals surface area contributed by atoms with Crippen molar-refractivity contribution in [2.24, 2.45) is 96.1 Å². The van der Waals surface area contributed by atoms with Crippen LogP contribution in [0.3, 0.4) is 0 Å². The van der Waals surface area contributed by atoms with Gasteiger partial charge in [0.05, 0.1) is 30.5 Å². The molecule has 2 bridgehead atoms. The van der Waals surface area contributed by atoms with Crippen molar-refractivity contribution in [1.29, 1.82) is 0 Å². The van der Waals surface area contributed by atoms with E-state index in [1.54, 1.807) is 6.20 Å². The number of aliphatic carboxylic acids is 1. The number of piperidine rings is 5. The fourth-order valence-corrected chi connectivity index (χ4v) is 15.0. The summed E-state index contributed by atoms with van der Waals surface area (Å²) in [4.78, 5) is 27.4. The van der Waals surface area contributed by atoms with Crippen LogP contribution < -0.4 is 10.6 Å². The summed E-state index contributed by atoms with van der Waals surface area (Å²) in [5, 5.41) is 50.7. The molecular weight excluding hydrogens is 1260 g/mol. The average molecular weight is 1430 g/mol. The van der Waals surface area contributed by atoms with Crippen LogP contribution in [-0.2, 0) is 17.6 Å². The van der Waals surface area contributed by atoms with Gasteiger partial charge >= 0.3 is 5.97 Å². The maximum atomic E-state index is 10.7. The number of carbonyl (C=O) groups is 1. The number of carboxylic acid groups (broad SMARTS) is 1. The Morgan fingerprint density at radius 1 is 0.485 bits per heavy atom. The molecule has 11 rings (SSSR count). The lowest BCUT2D eigenvalue weighted by molar-refractivity contribution is -0.143. The van der Waals surface area contributed by atoms with Gasteiger partial charge in [-0.25, -0.2) is 4.98 Å². The molecule has 594 valence electrons. The first-order chi connectivity index (χ1) is 46.2. The topological polar surface area (TPSA) is 201 Å². The van der Waals surface area contributed by atoms with Crippen molar-refractivity contribution in [3.63, 3.8) is 0 Å². The van der Waals surface area contributed by atoms with Crippen molar-refractivity contribution in [2.75, 3.05) is 132 Å². The second kappa shape index (κ2) is 42.8. The molecule has 1 aliphatic carbocycles. The third-order valence-electron chi connectivity index (χ3n) is 22.8. The number of nitrogens with one attached hydrogen (secondary N) is 4. The number of nitrogens with zero attached hydrogens (tertiary/aromatic N) is 9. The molecular formula is C84H169N13O4. The Bertz CT molecular complexity index is 2430. The van der Waals surface area contributed by atoms with Gasteiger partial charge in [0.2, 0.25) is 0 Å². The molecule has 8 aliphatic heterocycles.